The number of fused-ring (bicyclic) bond motifs is 1. The second-order valence-corrected chi connectivity index (χ2v) is 12.1. The van der Waals surface area contributed by atoms with Crippen molar-refractivity contribution in [1.82, 2.24) is 15.5 Å². The van der Waals surface area contributed by atoms with E-state index in [0.29, 0.717) is 25.1 Å². The van der Waals surface area contributed by atoms with Gasteiger partial charge in [-0.2, -0.15) is 5.10 Å². The second-order valence-electron chi connectivity index (χ2n) is 11.2. The zero-order chi connectivity index (χ0) is 28.2. The van der Waals surface area contributed by atoms with Crippen molar-refractivity contribution < 1.29 is 19.1 Å². The van der Waals surface area contributed by atoms with Gasteiger partial charge in [-0.1, -0.05) is 28.1 Å². The monoisotopic (exact) mass is 597 g/mol. The molecule has 9 nitrogen and oxygen atoms in total. The normalized spacial score (nSPS) is 18.4. The van der Waals surface area contributed by atoms with E-state index in [0.717, 1.165) is 33.8 Å². The molecule has 0 radical (unpaired) electrons. The smallest absolute Gasteiger partial charge is 0.407 e. The number of aromatic nitrogens is 2. The first-order chi connectivity index (χ1) is 18.5. The number of hydrogen-bond donors (Lipinski definition) is 3. The molecule has 1 heterocycles. The Labute approximate surface area is 237 Å². The summed E-state index contributed by atoms with van der Waals surface area (Å²) >= 11 is 3.48. The van der Waals surface area contributed by atoms with Crippen molar-refractivity contribution in [2.24, 2.45) is 17.6 Å². The van der Waals surface area contributed by atoms with Crippen LogP contribution in [0.25, 0.3) is 10.9 Å². The van der Waals surface area contributed by atoms with Crippen LogP contribution in [-0.4, -0.2) is 46.3 Å². The Morgan fingerprint density at radius 2 is 1.90 bits per heavy atom. The Morgan fingerprint density at radius 3 is 2.56 bits per heavy atom. The summed E-state index contributed by atoms with van der Waals surface area (Å²) in [7, 11) is 0. The first kappa shape index (κ1) is 28.6. The lowest BCUT2D eigenvalue weighted by atomic mass is 9.81. The fraction of sp³-hybridized carbons (Fsp3) is 0.448. The third-order valence-corrected chi connectivity index (χ3v) is 7.52. The molecule has 39 heavy (non-hydrogen) atoms. The van der Waals surface area contributed by atoms with Crippen LogP contribution in [-0.2, 0) is 20.7 Å². The first-order valence-electron chi connectivity index (χ1n) is 13.3. The van der Waals surface area contributed by atoms with Gasteiger partial charge >= 0.3 is 6.09 Å². The van der Waals surface area contributed by atoms with Gasteiger partial charge in [0.15, 0.2) is 0 Å². The van der Waals surface area contributed by atoms with E-state index >= 15 is 0 Å². The summed E-state index contributed by atoms with van der Waals surface area (Å²) in [6, 6.07) is 12.4. The summed E-state index contributed by atoms with van der Waals surface area (Å²) in [6.45, 7) is 5.99. The van der Waals surface area contributed by atoms with Crippen molar-refractivity contribution in [1.29, 1.82) is 0 Å². The van der Waals surface area contributed by atoms with Gasteiger partial charge in [0.1, 0.15) is 11.6 Å². The molecule has 1 fully saturated rings. The van der Waals surface area contributed by atoms with E-state index < -0.39 is 23.6 Å². The van der Waals surface area contributed by atoms with E-state index in [1.54, 1.807) is 11.1 Å². The molecule has 0 unspecified atom stereocenters. The molecule has 208 valence electrons. The number of rotatable bonds is 8. The molecule has 0 saturated heterocycles. The summed E-state index contributed by atoms with van der Waals surface area (Å²) in [5.41, 5.74) is 7.65. The number of aromatic amines is 1. The van der Waals surface area contributed by atoms with Gasteiger partial charge in [-0.25, -0.2) is 4.79 Å². The summed E-state index contributed by atoms with van der Waals surface area (Å²) in [6.07, 6.45) is 4.45. The van der Waals surface area contributed by atoms with Crippen molar-refractivity contribution in [3.8, 4) is 0 Å². The highest BCUT2D eigenvalue weighted by atomic mass is 79.9. The molecule has 0 aliphatic heterocycles. The molecule has 1 atom stereocenters. The Morgan fingerprint density at radius 1 is 1.15 bits per heavy atom. The Hall–Kier alpha value is -3.40. The van der Waals surface area contributed by atoms with Crippen LogP contribution in [0.3, 0.4) is 0 Å². The quantitative estimate of drug-likeness (QED) is 0.333. The average molecular weight is 599 g/mol. The van der Waals surface area contributed by atoms with Crippen LogP contribution in [0, 0.1) is 11.8 Å². The number of amides is 3. The highest BCUT2D eigenvalue weighted by Crippen LogP contribution is 2.33. The lowest BCUT2D eigenvalue weighted by molar-refractivity contribution is -0.127. The minimum atomic E-state index is -0.862. The largest absolute Gasteiger partial charge is 0.444 e. The zero-order valence-electron chi connectivity index (χ0n) is 22.6. The number of halogens is 1. The molecule has 3 aromatic rings. The number of benzene rings is 2. The SMILES string of the molecule is CC(C)(C)OC(=O)NCC1CCC(C(=O)N(c2ccc3cn[nH]c3c2)[C@@H](Cc2cccc(Br)c2)C(N)=O)CC1. The third-order valence-electron chi connectivity index (χ3n) is 7.03. The standard InChI is InChI=1S/C29H36BrN5O4/c1-29(2,3)39-28(38)32-16-18-7-9-20(10-8-18)27(37)35(23-12-11-21-17-33-34-24(21)15-23)25(26(31)36)14-19-5-4-6-22(30)13-19/h4-6,11-13,15,17-18,20,25H,7-10,14,16H2,1-3H3,(H2,31,36)(H,32,38)(H,33,34)/t18?,20?,25-/m0/s1. The molecule has 4 rings (SSSR count). The van der Waals surface area contributed by atoms with Crippen molar-refractivity contribution in [2.75, 3.05) is 11.4 Å². The molecule has 1 aromatic heterocycles. The zero-order valence-corrected chi connectivity index (χ0v) is 24.2. The van der Waals surface area contributed by atoms with Gasteiger partial charge in [-0.05, 0) is 88.3 Å². The molecule has 3 amide bonds. The van der Waals surface area contributed by atoms with Crippen molar-refractivity contribution in [3.63, 3.8) is 0 Å². The van der Waals surface area contributed by atoms with Crippen molar-refractivity contribution in [2.45, 2.75) is 64.5 Å². The molecule has 0 bridgehead atoms. The van der Waals surface area contributed by atoms with Crippen LogP contribution in [0.2, 0.25) is 0 Å². The third kappa shape index (κ3) is 7.59. The lowest BCUT2D eigenvalue weighted by Gasteiger charge is -2.36. The minimum absolute atomic E-state index is 0.119. The number of nitrogens with one attached hydrogen (secondary N) is 2. The number of carbonyl (C=O) groups excluding carboxylic acids is 3. The van der Waals surface area contributed by atoms with Crippen LogP contribution in [0.4, 0.5) is 10.5 Å². The summed E-state index contributed by atoms with van der Waals surface area (Å²) < 4.78 is 6.22. The lowest BCUT2D eigenvalue weighted by Crippen LogP contribution is -2.52. The van der Waals surface area contributed by atoms with E-state index in [4.69, 9.17) is 10.5 Å². The second kappa shape index (κ2) is 12.2. The fourth-order valence-electron chi connectivity index (χ4n) is 5.09. The maximum absolute atomic E-state index is 14.1. The maximum Gasteiger partial charge on any atom is 0.407 e. The van der Waals surface area contributed by atoms with Gasteiger partial charge in [0, 0.05) is 34.4 Å². The molecule has 1 saturated carbocycles. The van der Waals surface area contributed by atoms with E-state index in [1.165, 1.54) is 0 Å². The van der Waals surface area contributed by atoms with Crippen molar-refractivity contribution >= 4 is 50.4 Å². The molecule has 1 aliphatic rings. The van der Waals surface area contributed by atoms with Gasteiger partial charge in [-0.3, -0.25) is 19.6 Å². The van der Waals surface area contributed by atoms with Gasteiger partial charge in [0.25, 0.3) is 0 Å². The van der Waals surface area contributed by atoms with E-state index in [1.807, 2.05) is 63.2 Å². The molecule has 2 aromatic carbocycles. The molecule has 10 heteroatoms. The number of H-pyrrole nitrogens is 1. The summed E-state index contributed by atoms with van der Waals surface area (Å²) in [5, 5.41) is 10.8. The van der Waals surface area contributed by atoms with Crippen LogP contribution in [0.15, 0.2) is 53.1 Å². The number of carbonyl (C=O) groups is 3. The Bertz CT molecular complexity index is 1330. The fourth-order valence-corrected chi connectivity index (χ4v) is 5.54. The molecular weight excluding hydrogens is 562 g/mol. The minimum Gasteiger partial charge on any atom is -0.444 e. The van der Waals surface area contributed by atoms with E-state index in [2.05, 4.69) is 31.4 Å². The van der Waals surface area contributed by atoms with Crippen molar-refractivity contribution in [3.05, 3.63) is 58.7 Å². The van der Waals surface area contributed by atoms with Crippen LogP contribution >= 0.6 is 15.9 Å². The van der Waals surface area contributed by atoms with E-state index in [9.17, 15) is 14.4 Å². The van der Waals surface area contributed by atoms with Crippen LogP contribution < -0.4 is 16.0 Å². The predicted molar refractivity (Wildman–Crippen MR) is 154 cm³/mol. The first-order valence-corrected chi connectivity index (χ1v) is 14.1. The molecule has 1 aliphatic carbocycles. The summed E-state index contributed by atoms with van der Waals surface area (Å²) in [5.74, 6) is -0.691. The molecule has 4 N–H and O–H groups in total. The van der Waals surface area contributed by atoms with Crippen LogP contribution in [0.5, 0.6) is 0 Å². The molecule has 0 spiro atoms. The number of nitrogens with two attached hydrogens (primary N) is 1. The topological polar surface area (TPSA) is 130 Å². The predicted octanol–water partition coefficient (Wildman–Crippen LogP) is 5.09. The number of hydrogen-bond acceptors (Lipinski definition) is 5. The molecular formula is C29H36BrN5O4. The van der Waals surface area contributed by atoms with Gasteiger partial charge < -0.3 is 15.8 Å². The number of primary amides is 1. The van der Waals surface area contributed by atoms with Gasteiger partial charge in [0.05, 0.1) is 11.7 Å². The highest BCUT2D eigenvalue weighted by Gasteiger charge is 2.36. The Balaban J connectivity index is 1.52. The highest BCUT2D eigenvalue weighted by molar-refractivity contribution is 9.10. The maximum atomic E-state index is 14.1. The van der Waals surface area contributed by atoms with E-state index in [-0.39, 0.29) is 24.2 Å². The number of nitrogens with zero attached hydrogens (tertiary/aromatic N) is 2. The Kier molecular flexibility index (Phi) is 8.94. The average Bonchev–Trinajstić information content (AvgIpc) is 3.34. The van der Waals surface area contributed by atoms with Crippen LogP contribution in [0.1, 0.15) is 52.0 Å². The summed E-state index contributed by atoms with van der Waals surface area (Å²) in [4.78, 5) is 40.6. The van der Waals surface area contributed by atoms with Gasteiger partial charge in [-0.15, -0.1) is 0 Å². The number of ether oxygens (including phenoxy) is 1. The van der Waals surface area contributed by atoms with Gasteiger partial charge in [0.2, 0.25) is 11.8 Å². The number of anilines is 1. The number of alkyl carbamates (subject to hydrolysis) is 1.